The van der Waals surface area contributed by atoms with E-state index in [1.54, 1.807) is 11.3 Å². The molecule has 0 aliphatic heterocycles. The molecule has 80 valence electrons. The number of hydrogen-bond acceptors (Lipinski definition) is 4. The van der Waals surface area contributed by atoms with Gasteiger partial charge in [0.15, 0.2) is 0 Å². The zero-order valence-electron chi connectivity index (χ0n) is 8.70. The van der Waals surface area contributed by atoms with Gasteiger partial charge in [-0.25, -0.2) is 4.98 Å². The fraction of sp³-hybridized carbons (Fsp3) is 0.700. The van der Waals surface area contributed by atoms with E-state index in [1.165, 1.54) is 5.01 Å². The van der Waals surface area contributed by atoms with E-state index in [2.05, 4.69) is 17.2 Å². The Hall–Kier alpha value is -0.450. The molecule has 0 aromatic carbocycles. The van der Waals surface area contributed by atoms with Crippen LogP contribution in [-0.2, 0) is 6.42 Å². The van der Waals surface area contributed by atoms with E-state index >= 15 is 0 Å². The van der Waals surface area contributed by atoms with E-state index in [9.17, 15) is 0 Å². The van der Waals surface area contributed by atoms with E-state index in [4.69, 9.17) is 5.73 Å². The predicted molar refractivity (Wildman–Crippen MR) is 61.5 cm³/mol. The minimum absolute atomic E-state index is 0.627. The Bertz CT molecular complexity index is 223. The lowest BCUT2D eigenvalue weighted by Gasteiger charge is -2.08. The van der Waals surface area contributed by atoms with E-state index < -0.39 is 0 Å². The molecule has 0 bridgehead atoms. The molecule has 4 heteroatoms. The molecule has 0 aliphatic carbocycles. The molecule has 1 aromatic heterocycles. The summed E-state index contributed by atoms with van der Waals surface area (Å²) in [5.41, 5.74) is 5.53. The molecule has 1 atom stereocenters. The topological polar surface area (TPSA) is 50.9 Å². The molecular formula is C10H19N3S. The first-order valence-corrected chi connectivity index (χ1v) is 6.00. The summed E-state index contributed by atoms with van der Waals surface area (Å²) < 4.78 is 0. The highest BCUT2D eigenvalue weighted by Crippen LogP contribution is 2.03. The van der Waals surface area contributed by atoms with Crippen LogP contribution in [0.25, 0.3) is 0 Å². The van der Waals surface area contributed by atoms with E-state index in [0.29, 0.717) is 5.92 Å². The van der Waals surface area contributed by atoms with Gasteiger partial charge in [0.25, 0.3) is 0 Å². The molecule has 0 saturated heterocycles. The van der Waals surface area contributed by atoms with Gasteiger partial charge in [-0.3, -0.25) is 0 Å². The quantitative estimate of drug-likeness (QED) is 0.670. The van der Waals surface area contributed by atoms with Crippen LogP contribution < -0.4 is 11.1 Å². The second-order valence-electron chi connectivity index (χ2n) is 3.56. The summed E-state index contributed by atoms with van der Waals surface area (Å²) >= 11 is 1.72. The van der Waals surface area contributed by atoms with Gasteiger partial charge in [0, 0.05) is 24.5 Å². The first kappa shape index (κ1) is 11.6. The van der Waals surface area contributed by atoms with E-state index in [0.717, 1.165) is 32.5 Å². The van der Waals surface area contributed by atoms with Gasteiger partial charge in [0.1, 0.15) is 0 Å². The van der Waals surface area contributed by atoms with Gasteiger partial charge in [-0.15, -0.1) is 11.3 Å². The smallest absolute Gasteiger partial charge is 0.0937 e. The monoisotopic (exact) mass is 213 g/mol. The van der Waals surface area contributed by atoms with Crippen molar-refractivity contribution in [1.29, 1.82) is 0 Å². The molecule has 3 N–H and O–H groups in total. The van der Waals surface area contributed by atoms with Crippen LogP contribution in [0, 0.1) is 5.92 Å². The number of nitrogens with one attached hydrogen (secondary N) is 1. The van der Waals surface area contributed by atoms with Crippen molar-refractivity contribution in [2.75, 3.05) is 19.6 Å². The summed E-state index contributed by atoms with van der Waals surface area (Å²) in [5, 5.41) is 6.63. The molecule has 0 spiro atoms. The second kappa shape index (κ2) is 6.92. The molecule has 1 rings (SSSR count). The minimum atomic E-state index is 0.627. The molecule has 1 aromatic rings. The fourth-order valence-electron chi connectivity index (χ4n) is 1.16. The molecular weight excluding hydrogens is 194 g/mol. The number of nitrogens with zero attached hydrogens (tertiary/aromatic N) is 1. The highest BCUT2D eigenvalue weighted by atomic mass is 32.1. The maximum Gasteiger partial charge on any atom is 0.0937 e. The second-order valence-corrected chi connectivity index (χ2v) is 4.53. The summed E-state index contributed by atoms with van der Waals surface area (Å²) in [4.78, 5) is 4.22. The Morgan fingerprint density at radius 1 is 1.57 bits per heavy atom. The van der Waals surface area contributed by atoms with Gasteiger partial charge in [-0.05, 0) is 25.4 Å². The van der Waals surface area contributed by atoms with Gasteiger partial charge >= 0.3 is 0 Å². The Labute approximate surface area is 89.7 Å². The first-order valence-electron chi connectivity index (χ1n) is 5.12. The third-order valence-corrected chi connectivity index (χ3v) is 3.05. The Kier molecular flexibility index (Phi) is 5.75. The zero-order valence-corrected chi connectivity index (χ0v) is 9.52. The maximum absolute atomic E-state index is 5.53. The molecule has 1 unspecified atom stereocenters. The lowest BCUT2D eigenvalue weighted by Crippen LogP contribution is -2.22. The molecule has 0 radical (unpaired) electrons. The van der Waals surface area contributed by atoms with E-state index in [1.807, 2.05) is 11.6 Å². The summed E-state index contributed by atoms with van der Waals surface area (Å²) in [5.74, 6) is 0.627. The average molecular weight is 213 g/mol. The van der Waals surface area contributed by atoms with Crippen molar-refractivity contribution < 1.29 is 0 Å². The molecule has 0 aliphatic rings. The SMILES string of the molecule is CC(CN)CCNCCc1nccs1. The van der Waals surface area contributed by atoms with Crippen LogP contribution in [0.1, 0.15) is 18.4 Å². The minimum Gasteiger partial charge on any atom is -0.330 e. The Morgan fingerprint density at radius 2 is 2.43 bits per heavy atom. The first-order chi connectivity index (χ1) is 6.83. The highest BCUT2D eigenvalue weighted by molar-refractivity contribution is 7.09. The summed E-state index contributed by atoms with van der Waals surface area (Å²) in [6.45, 7) is 5.05. The molecule has 0 saturated carbocycles. The lowest BCUT2D eigenvalue weighted by molar-refractivity contribution is 0.511. The molecule has 1 heterocycles. The van der Waals surface area contributed by atoms with Crippen LogP contribution in [0.4, 0.5) is 0 Å². The van der Waals surface area contributed by atoms with Crippen LogP contribution in [0.5, 0.6) is 0 Å². The highest BCUT2D eigenvalue weighted by Gasteiger charge is 1.98. The number of thiazole rings is 1. The normalized spacial score (nSPS) is 13.0. The largest absolute Gasteiger partial charge is 0.330 e. The van der Waals surface area contributed by atoms with Crippen molar-refractivity contribution in [2.24, 2.45) is 11.7 Å². The Balaban J connectivity index is 1.95. The average Bonchev–Trinajstić information content (AvgIpc) is 2.69. The van der Waals surface area contributed by atoms with Gasteiger partial charge in [-0.2, -0.15) is 0 Å². The van der Waals surface area contributed by atoms with Crippen molar-refractivity contribution in [3.63, 3.8) is 0 Å². The van der Waals surface area contributed by atoms with Crippen LogP contribution in [0.2, 0.25) is 0 Å². The summed E-state index contributed by atoms with van der Waals surface area (Å²) in [6.07, 6.45) is 4.06. The molecule has 0 fully saturated rings. The van der Waals surface area contributed by atoms with Crippen molar-refractivity contribution in [3.05, 3.63) is 16.6 Å². The van der Waals surface area contributed by atoms with Gasteiger partial charge in [0.2, 0.25) is 0 Å². The van der Waals surface area contributed by atoms with Gasteiger partial charge in [0.05, 0.1) is 5.01 Å². The van der Waals surface area contributed by atoms with Crippen molar-refractivity contribution in [1.82, 2.24) is 10.3 Å². The number of hydrogen-bond donors (Lipinski definition) is 2. The van der Waals surface area contributed by atoms with Gasteiger partial charge < -0.3 is 11.1 Å². The van der Waals surface area contributed by atoms with Crippen LogP contribution >= 0.6 is 11.3 Å². The molecule has 3 nitrogen and oxygen atoms in total. The zero-order chi connectivity index (χ0) is 10.2. The standard InChI is InChI=1S/C10H19N3S/c1-9(8-11)2-4-12-5-3-10-13-6-7-14-10/h6-7,9,12H,2-5,8,11H2,1H3. The van der Waals surface area contributed by atoms with Gasteiger partial charge in [-0.1, -0.05) is 6.92 Å². The molecule has 0 amide bonds. The number of nitrogens with two attached hydrogens (primary N) is 1. The van der Waals surface area contributed by atoms with Crippen LogP contribution in [0.15, 0.2) is 11.6 Å². The fourth-order valence-corrected chi connectivity index (χ4v) is 1.78. The number of aromatic nitrogens is 1. The maximum atomic E-state index is 5.53. The van der Waals surface area contributed by atoms with Crippen molar-refractivity contribution in [2.45, 2.75) is 19.8 Å². The van der Waals surface area contributed by atoms with E-state index in [-0.39, 0.29) is 0 Å². The van der Waals surface area contributed by atoms with Crippen molar-refractivity contribution >= 4 is 11.3 Å². The van der Waals surface area contributed by atoms with Crippen molar-refractivity contribution in [3.8, 4) is 0 Å². The molecule has 14 heavy (non-hydrogen) atoms. The predicted octanol–water partition coefficient (Wildman–Crippen LogP) is 1.26. The Morgan fingerprint density at radius 3 is 3.07 bits per heavy atom. The lowest BCUT2D eigenvalue weighted by atomic mass is 10.1. The summed E-state index contributed by atoms with van der Waals surface area (Å²) in [7, 11) is 0. The van der Waals surface area contributed by atoms with Crippen LogP contribution in [-0.4, -0.2) is 24.6 Å². The van der Waals surface area contributed by atoms with Crippen LogP contribution in [0.3, 0.4) is 0 Å². The third kappa shape index (κ3) is 4.69. The number of rotatable bonds is 7. The third-order valence-electron chi connectivity index (χ3n) is 2.22. The summed E-state index contributed by atoms with van der Waals surface area (Å²) in [6, 6.07) is 0.